The molecule has 0 fully saturated rings. The molecule has 0 saturated heterocycles. The third-order valence-electron chi connectivity index (χ3n) is 4.10. The lowest BCUT2D eigenvalue weighted by Gasteiger charge is -2.22. The first kappa shape index (κ1) is 17.8. The van der Waals surface area contributed by atoms with Gasteiger partial charge in [-0.05, 0) is 31.4 Å². The van der Waals surface area contributed by atoms with Gasteiger partial charge in [0, 0.05) is 37.7 Å². The topological polar surface area (TPSA) is 100 Å². The number of pyridine rings is 1. The van der Waals surface area contributed by atoms with Crippen LogP contribution < -0.4 is 10.6 Å². The number of rotatable bonds is 1. The van der Waals surface area contributed by atoms with Gasteiger partial charge in [0.15, 0.2) is 0 Å². The monoisotopic (exact) mass is 354 g/mol. The molecule has 2 aromatic heterocycles. The molecular formula is C18H22N6O2. The highest BCUT2D eigenvalue weighted by molar-refractivity contribution is 5.96. The van der Waals surface area contributed by atoms with Crippen LogP contribution in [0.4, 0.5) is 5.82 Å². The Morgan fingerprint density at radius 2 is 1.88 bits per heavy atom. The maximum Gasteiger partial charge on any atom is 0.257 e. The molecule has 0 aromatic carbocycles. The molecule has 2 aromatic rings. The van der Waals surface area contributed by atoms with Gasteiger partial charge in [-0.25, -0.2) is 15.0 Å². The van der Waals surface area contributed by atoms with Crippen molar-refractivity contribution in [2.24, 2.45) is 0 Å². The lowest BCUT2D eigenvalue weighted by Crippen LogP contribution is -2.42. The highest BCUT2D eigenvalue weighted by atomic mass is 16.2. The molecule has 0 radical (unpaired) electrons. The standard InChI is InChI=1S/C18H22N6O2/c25-17-12-24(18(26)14-10-19-13-20-11-14)9-2-1-4-15-5-3-6-16(23-15)21-7-8-22-17/h3,5-6,10-11,13H,1-2,4,7-9,12H2,(H,21,23)(H,22,25). The number of amides is 2. The van der Waals surface area contributed by atoms with E-state index in [4.69, 9.17) is 0 Å². The van der Waals surface area contributed by atoms with Crippen LogP contribution in [-0.4, -0.2) is 57.8 Å². The summed E-state index contributed by atoms with van der Waals surface area (Å²) in [6.07, 6.45) is 6.81. The van der Waals surface area contributed by atoms with Crippen molar-refractivity contribution >= 4 is 17.6 Å². The molecule has 0 unspecified atom stereocenters. The Hall–Kier alpha value is -3.03. The smallest absolute Gasteiger partial charge is 0.257 e. The van der Waals surface area contributed by atoms with Gasteiger partial charge >= 0.3 is 0 Å². The molecule has 136 valence electrons. The van der Waals surface area contributed by atoms with Gasteiger partial charge in [-0.2, -0.15) is 0 Å². The molecular weight excluding hydrogens is 332 g/mol. The molecule has 0 atom stereocenters. The second-order valence-corrected chi connectivity index (χ2v) is 6.10. The van der Waals surface area contributed by atoms with Crippen LogP contribution in [0.3, 0.4) is 0 Å². The summed E-state index contributed by atoms with van der Waals surface area (Å²) >= 11 is 0. The first-order valence-corrected chi connectivity index (χ1v) is 8.73. The van der Waals surface area contributed by atoms with Gasteiger partial charge in [0.25, 0.3) is 5.91 Å². The first-order valence-electron chi connectivity index (χ1n) is 8.73. The van der Waals surface area contributed by atoms with Crippen LogP contribution in [0.25, 0.3) is 0 Å². The van der Waals surface area contributed by atoms with E-state index in [1.54, 1.807) is 4.90 Å². The number of carbonyl (C=O) groups is 2. The number of aryl methyl sites for hydroxylation is 1. The maximum atomic E-state index is 12.7. The van der Waals surface area contributed by atoms with E-state index in [1.165, 1.54) is 18.7 Å². The third-order valence-corrected chi connectivity index (χ3v) is 4.10. The number of hydrogen-bond donors (Lipinski definition) is 2. The average molecular weight is 354 g/mol. The second-order valence-electron chi connectivity index (χ2n) is 6.10. The molecule has 2 N–H and O–H groups in total. The van der Waals surface area contributed by atoms with Crippen LogP contribution in [-0.2, 0) is 11.2 Å². The van der Waals surface area contributed by atoms with Gasteiger partial charge in [0.05, 0.1) is 12.1 Å². The molecule has 26 heavy (non-hydrogen) atoms. The predicted octanol–water partition coefficient (Wildman–Crippen LogP) is 0.878. The molecule has 3 rings (SSSR count). The lowest BCUT2D eigenvalue weighted by molar-refractivity contribution is -0.121. The van der Waals surface area contributed by atoms with Crippen LogP contribution >= 0.6 is 0 Å². The number of nitrogens with zero attached hydrogens (tertiary/aromatic N) is 4. The van der Waals surface area contributed by atoms with Crippen molar-refractivity contribution < 1.29 is 9.59 Å². The minimum Gasteiger partial charge on any atom is -0.368 e. The molecule has 0 saturated carbocycles. The van der Waals surface area contributed by atoms with Crippen molar-refractivity contribution in [1.29, 1.82) is 0 Å². The molecule has 1 aliphatic heterocycles. The predicted molar refractivity (Wildman–Crippen MR) is 96.6 cm³/mol. The number of hydrogen-bond acceptors (Lipinski definition) is 6. The summed E-state index contributed by atoms with van der Waals surface area (Å²) in [5, 5.41) is 6.02. The summed E-state index contributed by atoms with van der Waals surface area (Å²) in [5.41, 5.74) is 1.41. The second kappa shape index (κ2) is 8.89. The Morgan fingerprint density at radius 1 is 1.08 bits per heavy atom. The summed E-state index contributed by atoms with van der Waals surface area (Å²) in [6, 6.07) is 5.89. The van der Waals surface area contributed by atoms with Crippen LogP contribution in [0.1, 0.15) is 28.9 Å². The van der Waals surface area contributed by atoms with Gasteiger partial charge in [-0.3, -0.25) is 9.59 Å². The SMILES string of the molecule is O=C1CN(C(=O)c2cncnc2)CCCCc2cccc(n2)NCCN1. The summed E-state index contributed by atoms with van der Waals surface area (Å²) in [4.78, 5) is 38.7. The molecule has 0 aliphatic carbocycles. The van der Waals surface area contributed by atoms with Gasteiger partial charge < -0.3 is 15.5 Å². The Kier molecular flexibility index (Phi) is 6.08. The van der Waals surface area contributed by atoms with Gasteiger partial charge in [-0.1, -0.05) is 6.07 Å². The van der Waals surface area contributed by atoms with E-state index < -0.39 is 0 Å². The van der Waals surface area contributed by atoms with Crippen LogP contribution in [0.15, 0.2) is 36.9 Å². The Bertz CT molecular complexity index is 752. The largest absolute Gasteiger partial charge is 0.368 e. The van der Waals surface area contributed by atoms with E-state index in [2.05, 4.69) is 25.6 Å². The van der Waals surface area contributed by atoms with Crippen LogP contribution in [0.5, 0.6) is 0 Å². The van der Waals surface area contributed by atoms with E-state index in [-0.39, 0.29) is 18.4 Å². The van der Waals surface area contributed by atoms with Crippen molar-refractivity contribution in [2.75, 3.05) is 31.5 Å². The quantitative estimate of drug-likeness (QED) is 0.788. The van der Waals surface area contributed by atoms with E-state index in [0.717, 1.165) is 30.8 Å². The molecule has 1 aliphatic rings. The van der Waals surface area contributed by atoms with Crippen LogP contribution in [0, 0.1) is 0 Å². The summed E-state index contributed by atoms with van der Waals surface area (Å²) in [7, 11) is 0. The van der Waals surface area contributed by atoms with E-state index in [1.807, 2.05) is 18.2 Å². The van der Waals surface area contributed by atoms with Gasteiger partial charge in [0.1, 0.15) is 12.1 Å². The highest BCUT2D eigenvalue weighted by Crippen LogP contribution is 2.10. The fourth-order valence-corrected chi connectivity index (χ4v) is 2.79. The van der Waals surface area contributed by atoms with Crippen molar-refractivity contribution in [3.05, 3.63) is 48.2 Å². The third kappa shape index (κ3) is 4.98. The van der Waals surface area contributed by atoms with Crippen LogP contribution in [0.2, 0.25) is 0 Å². The zero-order valence-electron chi connectivity index (χ0n) is 14.5. The average Bonchev–Trinajstić information content (AvgIpc) is 2.67. The van der Waals surface area contributed by atoms with E-state index >= 15 is 0 Å². The number of anilines is 1. The van der Waals surface area contributed by atoms with E-state index in [9.17, 15) is 9.59 Å². The molecule has 8 nitrogen and oxygen atoms in total. The summed E-state index contributed by atoms with van der Waals surface area (Å²) in [5.74, 6) is 0.400. The highest BCUT2D eigenvalue weighted by Gasteiger charge is 2.19. The maximum absolute atomic E-state index is 12.7. The van der Waals surface area contributed by atoms with Gasteiger partial charge in [-0.15, -0.1) is 0 Å². The molecule has 2 bridgehead atoms. The normalized spacial score (nSPS) is 16.2. The van der Waals surface area contributed by atoms with Crippen molar-refractivity contribution in [1.82, 2.24) is 25.2 Å². The summed E-state index contributed by atoms with van der Waals surface area (Å²) < 4.78 is 0. The van der Waals surface area contributed by atoms with Gasteiger partial charge in [0.2, 0.25) is 5.91 Å². The molecule has 2 amide bonds. The number of carbonyl (C=O) groups excluding carboxylic acids is 2. The Morgan fingerprint density at radius 3 is 2.73 bits per heavy atom. The minimum absolute atomic E-state index is 0.0251. The lowest BCUT2D eigenvalue weighted by atomic mass is 10.1. The minimum atomic E-state index is -0.230. The Labute approximate surface area is 152 Å². The van der Waals surface area contributed by atoms with E-state index in [0.29, 0.717) is 25.2 Å². The van der Waals surface area contributed by atoms with Crippen molar-refractivity contribution in [3.8, 4) is 0 Å². The fourth-order valence-electron chi connectivity index (χ4n) is 2.79. The number of aromatic nitrogens is 3. The number of fused-ring (bicyclic) bond motifs is 2. The molecule has 0 spiro atoms. The zero-order valence-corrected chi connectivity index (χ0v) is 14.5. The molecule has 8 heteroatoms. The first-order chi connectivity index (χ1) is 12.7. The molecule has 3 heterocycles. The number of nitrogens with one attached hydrogen (secondary N) is 2. The summed E-state index contributed by atoms with van der Waals surface area (Å²) in [6.45, 7) is 1.56. The zero-order chi connectivity index (χ0) is 18.2. The van der Waals surface area contributed by atoms with Crippen molar-refractivity contribution in [3.63, 3.8) is 0 Å². The fraction of sp³-hybridized carbons (Fsp3) is 0.389. The Balaban J connectivity index is 1.70. The van der Waals surface area contributed by atoms with Crippen molar-refractivity contribution in [2.45, 2.75) is 19.3 Å².